The summed E-state index contributed by atoms with van der Waals surface area (Å²) in [6.07, 6.45) is 4.21. The standard InChI is InChI=1S/C23H32N4O2.C2HF3O2/c28-21(18-5-3-6-18)26-12-4-10-23(22(29)25-13-17-8-9-17)16-27(15-19(23)14-26)20-7-1-2-11-24-20;3-2(4,5)1(6)7/h1-2,7,11,17-19H,3-6,8-10,12-16H2,(H,25,29);(H,6,7)/t19-,23-;/m0./s1. The lowest BCUT2D eigenvalue weighted by molar-refractivity contribution is -0.192. The van der Waals surface area contributed by atoms with E-state index in [1.807, 2.05) is 24.4 Å². The Morgan fingerprint density at radius 3 is 2.39 bits per heavy atom. The lowest BCUT2D eigenvalue weighted by Gasteiger charge is -2.34. The molecule has 4 fully saturated rings. The summed E-state index contributed by atoms with van der Waals surface area (Å²) in [4.78, 5) is 44.2. The summed E-state index contributed by atoms with van der Waals surface area (Å²) in [7, 11) is 0. The van der Waals surface area contributed by atoms with Crippen molar-refractivity contribution < 1.29 is 32.7 Å². The predicted molar refractivity (Wildman–Crippen MR) is 125 cm³/mol. The van der Waals surface area contributed by atoms with Crippen LogP contribution in [0.2, 0.25) is 0 Å². The van der Waals surface area contributed by atoms with Gasteiger partial charge in [-0.15, -0.1) is 0 Å². The largest absolute Gasteiger partial charge is 0.490 e. The van der Waals surface area contributed by atoms with Gasteiger partial charge in [-0.2, -0.15) is 13.2 Å². The molecule has 0 aromatic carbocycles. The topological polar surface area (TPSA) is 103 Å². The second-order valence-corrected chi connectivity index (χ2v) is 10.4. The second-order valence-electron chi connectivity index (χ2n) is 10.4. The van der Waals surface area contributed by atoms with Crippen molar-refractivity contribution in [3.05, 3.63) is 24.4 Å². The van der Waals surface area contributed by atoms with Gasteiger partial charge in [-0.05, 0) is 56.6 Å². The SMILES string of the molecule is O=C(C1CCC1)N1CCC[C@]2(C(=O)NCC3CC3)CN(c3ccccn3)C[C@@H]2C1.O=C(O)C(F)(F)F. The third kappa shape index (κ3) is 5.92. The Morgan fingerprint density at radius 1 is 1.11 bits per heavy atom. The zero-order valence-electron chi connectivity index (χ0n) is 20.2. The zero-order chi connectivity index (χ0) is 25.9. The second kappa shape index (κ2) is 10.6. The van der Waals surface area contributed by atoms with Gasteiger partial charge in [-0.1, -0.05) is 12.5 Å². The van der Waals surface area contributed by atoms with Gasteiger partial charge in [0.2, 0.25) is 11.8 Å². The number of pyridine rings is 1. The molecule has 2 amide bonds. The van der Waals surface area contributed by atoms with Gasteiger partial charge in [0.1, 0.15) is 5.82 Å². The number of nitrogens with one attached hydrogen (secondary N) is 1. The molecular weight excluding hydrogens is 477 g/mol. The summed E-state index contributed by atoms with van der Waals surface area (Å²) in [5.74, 6) is -0.244. The van der Waals surface area contributed by atoms with Crippen LogP contribution in [0.3, 0.4) is 0 Å². The van der Waals surface area contributed by atoms with Gasteiger partial charge < -0.3 is 20.2 Å². The first-order valence-corrected chi connectivity index (χ1v) is 12.6. The van der Waals surface area contributed by atoms with Crippen molar-refractivity contribution in [1.29, 1.82) is 0 Å². The lowest BCUT2D eigenvalue weighted by atomic mass is 9.74. The number of hydrogen-bond acceptors (Lipinski definition) is 5. The Bertz CT molecular complexity index is 952. The van der Waals surface area contributed by atoms with Gasteiger partial charge in [0.15, 0.2) is 0 Å². The molecule has 2 atom stereocenters. The number of halogens is 3. The third-order valence-electron chi connectivity index (χ3n) is 7.87. The van der Waals surface area contributed by atoms with E-state index in [4.69, 9.17) is 9.90 Å². The molecule has 8 nitrogen and oxygen atoms in total. The van der Waals surface area contributed by atoms with Gasteiger partial charge in [0.05, 0.1) is 5.41 Å². The molecule has 2 saturated heterocycles. The van der Waals surface area contributed by atoms with E-state index in [0.29, 0.717) is 24.9 Å². The first-order chi connectivity index (χ1) is 17.1. The minimum atomic E-state index is -5.08. The maximum atomic E-state index is 13.5. The number of carbonyl (C=O) groups is 3. The maximum Gasteiger partial charge on any atom is 0.490 e. The summed E-state index contributed by atoms with van der Waals surface area (Å²) in [6.45, 7) is 3.81. The lowest BCUT2D eigenvalue weighted by Crippen LogP contribution is -2.49. The van der Waals surface area contributed by atoms with Crippen LogP contribution < -0.4 is 10.2 Å². The van der Waals surface area contributed by atoms with Gasteiger partial charge in [0.25, 0.3) is 0 Å². The van der Waals surface area contributed by atoms with Crippen molar-refractivity contribution >= 4 is 23.6 Å². The molecule has 3 heterocycles. The number of hydrogen-bond donors (Lipinski definition) is 2. The van der Waals surface area contributed by atoms with Crippen LogP contribution in [-0.2, 0) is 14.4 Å². The highest BCUT2D eigenvalue weighted by Gasteiger charge is 2.54. The molecule has 2 aliphatic carbocycles. The number of carboxylic acids is 1. The molecule has 36 heavy (non-hydrogen) atoms. The van der Waals surface area contributed by atoms with E-state index in [0.717, 1.165) is 51.1 Å². The normalized spacial score (nSPS) is 26.1. The average molecular weight is 511 g/mol. The number of nitrogens with zero attached hydrogens (tertiary/aromatic N) is 3. The minimum Gasteiger partial charge on any atom is -0.475 e. The fourth-order valence-electron chi connectivity index (χ4n) is 5.37. The molecule has 11 heteroatoms. The van der Waals surface area contributed by atoms with Gasteiger partial charge in [-0.3, -0.25) is 9.59 Å². The van der Waals surface area contributed by atoms with Crippen molar-refractivity contribution in [2.45, 2.75) is 51.1 Å². The summed E-state index contributed by atoms with van der Waals surface area (Å²) in [6, 6.07) is 5.95. The van der Waals surface area contributed by atoms with Crippen molar-refractivity contribution in [2.75, 3.05) is 37.6 Å². The monoisotopic (exact) mass is 510 g/mol. The number of rotatable bonds is 5. The highest BCUT2D eigenvalue weighted by molar-refractivity contribution is 5.85. The van der Waals surface area contributed by atoms with Crippen molar-refractivity contribution in [2.24, 2.45) is 23.2 Å². The number of alkyl halides is 3. The fraction of sp³-hybridized carbons (Fsp3) is 0.680. The first-order valence-electron chi connectivity index (χ1n) is 12.6. The Hall–Kier alpha value is -2.85. The van der Waals surface area contributed by atoms with Crippen LogP contribution in [0.1, 0.15) is 44.9 Å². The van der Waals surface area contributed by atoms with E-state index in [-0.39, 0.29) is 17.7 Å². The van der Waals surface area contributed by atoms with E-state index >= 15 is 0 Å². The number of anilines is 1. The number of carboxylic acid groups (broad SMARTS) is 1. The molecule has 2 saturated carbocycles. The highest BCUT2D eigenvalue weighted by Crippen LogP contribution is 2.45. The van der Waals surface area contributed by atoms with E-state index < -0.39 is 17.6 Å². The molecule has 0 unspecified atom stereocenters. The van der Waals surface area contributed by atoms with Crippen LogP contribution in [0.15, 0.2) is 24.4 Å². The van der Waals surface area contributed by atoms with Crippen molar-refractivity contribution in [3.8, 4) is 0 Å². The van der Waals surface area contributed by atoms with Crippen LogP contribution >= 0.6 is 0 Å². The quantitative estimate of drug-likeness (QED) is 0.631. The molecule has 5 rings (SSSR count). The summed E-state index contributed by atoms with van der Waals surface area (Å²) in [5.41, 5.74) is -0.416. The Morgan fingerprint density at radius 2 is 1.83 bits per heavy atom. The Labute approximate surface area is 208 Å². The molecule has 1 aromatic heterocycles. The molecular formula is C25H33F3N4O4. The van der Waals surface area contributed by atoms with Gasteiger partial charge in [-0.25, -0.2) is 9.78 Å². The van der Waals surface area contributed by atoms with Crippen LogP contribution in [0.4, 0.5) is 19.0 Å². The van der Waals surface area contributed by atoms with Crippen molar-refractivity contribution in [1.82, 2.24) is 15.2 Å². The summed E-state index contributed by atoms with van der Waals surface area (Å²) < 4.78 is 31.7. The zero-order valence-corrected chi connectivity index (χ0v) is 20.2. The van der Waals surface area contributed by atoms with E-state index in [1.54, 1.807) is 0 Å². The van der Waals surface area contributed by atoms with E-state index in [9.17, 15) is 22.8 Å². The van der Waals surface area contributed by atoms with Crippen LogP contribution in [-0.4, -0.2) is 71.7 Å². The molecule has 2 aliphatic heterocycles. The van der Waals surface area contributed by atoms with Crippen LogP contribution in [0, 0.1) is 23.2 Å². The number of amides is 2. The number of carbonyl (C=O) groups excluding carboxylic acids is 2. The Kier molecular flexibility index (Phi) is 7.75. The molecule has 198 valence electrons. The summed E-state index contributed by atoms with van der Waals surface area (Å²) >= 11 is 0. The molecule has 2 N–H and O–H groups in total. The van der Waals surface area contributed by atoms with Crippen molar-refractivity contribution in [3.63, 3.8) is 0 Å². The van der Waals surface area contributed by atoms with Crippen LogP contribution in [0.25, 0.3) is 0 Å². The molecule has 4 aliphatic rings. The van der Waals surface area contributed by atoms with E-state index in [2.05, 4.69) is 20.1 Å². The molecule has 0 spiro atoms. The predicted octanol–water partition coefficient (Wildman–Crippen LogP) is 3.09. The molecule has 0 bridgehead atoms. The average Bonchev–Trinajstić information content (AvgIpc) is 3.59. The third-order valence-corrected chi connectivity index (χ3v) is 7.87. The Balaban J connectivity index is 0.000000384. The number of fused-ring (bicyclic) bond motifs is 1. The maximum absolute atomic E-state index is 13.5. The van der Waals surface area contributed by atoms with Crippen LogP contribution in [0.5, 0.6) is 0 Å². The highest BCUT2D eigenvalue weighted by atomic mass is 19.4. The number of likely N-dealkylation sites (tertiary alicyclic amines) is 1. The van der Waals surface area contributed by atoms with Gasteiger partial charge >= 0.3 is 12.1 Å². The molecule has 0 radical (unpaired) electrons. The minimum absolute atomic E-state index is 0.162. The number of aliphatic carboxylic acids is 1. The number of aromatic nitrogens is 1. The first kappa shape index (κ1) is 26.2. The fourth-order valence-corrected chi connectivity index (χ4v) is 5.37. The van der Waals surface area contributed by atoms with E-state index in [1.165, 1.54) is 19.3 Å². The smallest absolute Gasteiger partial charge is 0.475 e. The van der Waals surface area contributed by atoms with Gasteiger partial charge in [0, 0.05) is 50.8 Å². The summed E-state index contributed by atoms with van der Waals surface area (Å²) in [5, 5.41) is 10.4. The molecule has 1 aromatic rings.